The Balaban J connectivity index is 2.51. The summed E-state index contributed by atoms with van der Waals surface area (Å²) in [7, 11) is 0. The molecule has 0 atom stereocenters. The van der Waals surface area contributed by atoms with Crippen molar-refractivity contribution in [2.75, 3.05) is 0 Å². The van der Waals surface area contributed by atoms with E-state index in [2.05, 4.69) is 15.2 Å². The molecular weight excluding hydrogens is 192 g/mol. The van der Waals surface area contributed by atoms with E-state index in [1.54, 1.807) is 0 Å². The van der Waals surface area contributed by atoms with Crippen molar-refractivity contribution in [2.45, 2.75) is 6.92 Å². The first kappa shape index (κ1) is 9.30. The van der Waals surface area contributed by atoms with Gasteiger partial charge in [-0.15, -0.1) is 0 Å². The van der Waals surface area contributed by atoms with E-state index in [9.17, 15) is 0 Å². The third kappa shape index (κ3) is 1.68. The second-order valence-corrected chi connectivity index (χ2v) is 3.02. The minimum atomic E-state index is 0.288. The molecule has 0 aliphatic heterocycles. The summed E-state index contributed by atoms with van der Waals surface area (Å²) < 4.78 is 5.12. The molecule has 0 amide bonds. The minimum Gasteiger partial charge on any atom is -0.356 e. The quantitative estimate of drug-likeness (QED) is 0.422. The van der Waals surface area contributed by atoms with Gasteiger partial charge in [-0.3, -0.25) is 0 Å². The van der Waals surface area contributed by atoms with Gasteiger partial charge in [0, 0.05) is 16.0 Å². The van der Waals surface area contributed by atoms with Crippen molar-refractivity contribution in [1.82, 2.24) is 5.16 Å². The Labute approximate surface area is 86.0 Å². The molecule has 15 heavy (non-hydrogen) atoms. The number of rotatable bonds is 2. The summed E-state index contributed by atoms with van der Waals surface area (Å²) in [5, 5.41) is 7.11. The van der Waals surface area contributed by atoms with Crippen molar-refractivity contribution in [3.8, 4) is 11.3 Å². The molecule has 2 aromatic rings. The molecule has 0 unspecified atom stereocenters. The lowest BCUT2D eigenvalue weighted by Crippen LogP contribution is -1.75. The van der Waals surface area contributed by atoms with Gasteiger partial charge in [-0.25, -0.2) is 0 Å². The normalized spacial score (nSPS) is 9.67. The van der Waals surface area contributed by atoms with Gasteiger partial charge in [0.2, 0.25) is 0 Å². The molecule has 0 aliphatic rings. The number of hydrogen-bond acceptors (Lipinski definition) is 3. The van der Waals surface area contributed by atoms with Crippen molar-refractivity contribution in [1.29, 1.82) is 0 Å². The molecule has 1 aromatic heterocycles. The highest BCUT2D eigenvalue weighted by atomic mass is 16.5. The Morgan fingerprint density at radius 2 is 2.07 bits per heavy atom. The molecule has 0 radical (unpaired) electrons. The van der Waals surface area contributed by atoms with E-state index >= 15 is 0 Å². The summed E-state index contributed by atoms with van der Waals surface area (Å²) in [6, 6.07) is 9.55. The van der Waals surface area contributed by atoms with Crippen molar-refractivity contribution in [2.24, 2.45) is 5.11 Å². The molecule has 0 spiro atoms. The van der Waals surface area contributed by atoms with Gasteiger partial charge in [0.05, 0.1) is 0 Å². The molecule has 0 N–H and O–H groups in total. The Hall–Kier alpha value is -2.26. The average Bonchev–Trinajstić information content (AvgIpc) is 2.63. The first-order chi connectivity index (χ1) is 7.33. The van der Waals surface area contributed by atoms with Crippen LogP contribution in [-0.4, -0.2) is 5.16 Å². The van der Waals surface area contributed by atoms with E-state index in [1.165, 1.54) is 0 Å². The fourth-order valence-corrected chi connectivity index (χ4v) is 1.32. The monoisotopic (exact) mass is 200 g/mol. The van der Waals surface area contributed by atoms with Crippen LogP contribution < -0.4 is 0 Å². The van der Waals surface area contributed by atoms with E-state index in [4.69, 9.17) is 10.1 Å². The van der Waals surface area contributed by atoms with Gasteiger partial charge >= 0.3 is 0 Å². The molecule has 5 nitrogen and oxygen atoms in total. The zero-order valence-corrected chi connectivity index (χ0v) is 8.08. The van der Waals surface area contributed by atoms with Crippen LogP contribution in [0.4, 0.5) is 5.82 Å². The summed E-state index contributed by atoms with van der Waals surface area (Å²) >= 11 is 0. The van der Waals surface area contributed by atoms with Gasteiger partial charge in [-0.1, -0.05) is 35.5 Å². The second kappa shape index (κ2) is 3.86. The highest BCUT2D eigenvalue weighted by Gasteiger charge is 2.11. The summed E-state index contributed by atoms with van der Waals surface area (Å²) in [5.41, 5.74) is 9.97. The van der Waals surface area contributed by atoms with Gasteiger partial charge in [0.1, 0.15) is 0 Å². The number of aromatic nitrogens is 1. The van der Waals surface area contributed by atoms with Crippen molar-refractivity contribution in [3.05, 3.63) is 46.3 Å². The van der Waals surface area contributed by atoms with Crippen LogP contribution in [0.15, 0.2) is 40.0 Å². The number of azide groups is 1. The standard InChI is InChI=1S/C10H8N4O/c1-7-9(8-5-3-2-4-6-8)15-13-10(7)12-14-11/h2-6H,1H3. The van der Waals surface area contributed by atoms with E-state index in [1.807, 2.05) is 37.3 Å². The fourth-order valence-electron chi connectivity index (χ4n) is 1.32. The molecule has 1 aromatic carbocycles. The molecule has 0 saturated heterocycles. The van der Waals surface area contributed by atoms with Crippen LogP contribution in [0.5, 0.6) is 0 Å². The molecule has 5 heteroatoms. The zero-order valence-electron chi connectivity index (χ0n) is 8.08. The Morgan fingerprint density at radius 3 is 2.73 bits per heavy atom. The summed E-state index contributed by atoms with van der Waals surface area (Å²) in [6.07, 6.45) is 0. The van der Waals surface area contributed by atoms with Crippen LogP contribution in [-0.2, 0) is 0 Å². The first-order valence-corrected chi connectivity index (χ1v) is 4.39. The SMILES string of the molecule is Cc1c(N=[N+]=[N-])noc1-c1ccccc1. The predicted octanol–water partition coefficient (Wildman–Crippen LogP) is 3.59. The number of nitrogens with zero attached hydrogens (tertiary/aromatic N) is 4. The van der Waals surface area contributed by atoms with E-state index in [-0.39, 0.29) is 5.82 Å². The molecule has 0 bridgehead atoms. The van der Waals surface area contributed by atoms with Gasteiger partial charge in [0.25, 0.3) is 0 Å². The maximum absolute atomic E-state index is 8.30. The Kier molecular flexibility index (Phi) is 2.39. The lowest BCUT2D eigenvalue weighted by Gasteiger charge is -1.95. The summed E-state index contributed by atoms with van der Waals surface area (Å²) in [4.78, 5) is 2.68. The van der Waals surface area contributed by atoms with Crippen molar-refractivity contribution < 1.29 is 4.52 Å². The van der Waals surface area contributed by atoms with Crippen molar-refractivity contribution in [3.63, 3.8) is 0 Å². The average molecular weight is 200 g/mol. The highest BCUT2D eigenvalue weighted by molar-refractivity contribution is 5.64. The van der Waals surface area contributed by atoms with Crippen molar-refractivity contribution >= 4 is 5.82 Å². The van der Waals surface area contributed by atoms with Gasteiger partial charge < -0.3 is 4.52 Å². The summed E-state index contributed by atoms with van der Waals surface area (Å²) in [5.74, 6) is 0.925. The second-order valence-electron chi connectivity index (χ2n) is 3.02. The molecule has 1 heterocycles. The van der Waals surface area contributed by atoms with Gasteiger partial charge in [-0.2, -0.15) is 0 Å². The van der Waals surface area contributed by atoms with Gasteiger partial charge in [-0.05, 0) is 17.6 Å². The minimum absolute atomic E-state index is 0.288. The smallest absolute Gasteiger partial charge is 0.173 e. The molecule has 0 saturated carbocycles. The first-order valence-electron chi connectivity index (χ1n) is 4.39. The van der Waals surface area contributed by atoms with Crippen LogP contribution in [0.2, 0.25) is 0 Å². The number of benzene rings is 1. The van der Waals surface area contributed by atoms with Crippen LogP contribution in [0.25, 0.3) is 21.8 Å². The maximum Gasteiger partial charge on any atom is 0.173 e. The van der Waals surface area contributed by atoms with E-state index in [0.29, 0.717) is 5.76 Å². The third-order valence-corrected chi connectivity index (χ3v) is 2.07. The number of hydrogen-bond donors (Lipinski definition) is 0. The van der Waals surface area contributed by atoms with E-state index < -0.39 is 0 Å². The van der Waals surface area contributed by atoms with Crippen LogP contribution in [0.3, 0.4) is 0 Å². The molecule has 0 aliphatic carbocycles. The Morgan fingerprint density at radius 1 is 1.33 bits per heavy atom. The Bertz CT molecular complexity index is 511. The summed E-state index contributed by atoms with van der Waals surface area (Å²) in [6.45, 7) is 1.81. The largest absolute Gasteiger partial charge is 0.356 e. The maximum atomic E-state index is 8.30. The third-order valence-electron chi connectivity index (χ3n) is 2.07. The molecule has 2 rings (SSSR count). The molecule has 0 fully saturated rings. The predicted molar refractivity (Wildman–Crippen MR) is 55.5 cm³/mol. The lowest BCUT2D eigenvalue weighted by molar-refractivity contribution is 0.434. The molecular formula is C10H8N4O. The topological polar surface area (TPSA) is 74.8 Å². The molecule has 74 valence electrons. The highest BCUT2D eigenvalue weighted by Crippen LogP contribution is 2.29. The van der Waals surface area contributed by atoms with E-state index in [0.717, 1.165) is 11.1 Å². The van der Waals surface area contributed by atoms with Crippen LogP contribution in [0.1, 0.15) is 5.56 Å². The fraction of sp³-hybridized carbons (Fsp3) is 0.100. The van der Waals surface area contributed by atoms with Gasteiger partial charge in [0.15, 0.2) is 11.6 Å². The zero-order chi connectivity index (χ0) is 10.7. The van der Waals surface area contributed by atoms with Crippen LogP contribution in [0, 0.1) is 6.92 Å². The van der Waals surface area contributed by atoms with Crippen LogP contribution >= 0.6 is 0 Å². The lowest BCUT2D eigenvalue weighted by atomic mass is 10.1.